The van der Waals surface area contributed by atoms with Crippen LogP contribution >= 0.6 is 0 Å². The van der Waals surface area contributed by atoms with Crippen molar-refractivity contribution in [2.24, 2.45) is 17.8 Å². The molecule has 30 heavy (non-hydrogen) atoms. The molecule has 0 unspecified atom stereocenters. The lowest BCUT2D eigenvalue weighted by molar-refractivity contribution is 0.0103. The molecule has 0 radical (unpaired) electrons. The first kappa shape index (κ1) is 19.3. The first-order valence-corrected chi connectivity index (χ1v) is 11.0. The van der Waals surface area contributed by atoms with E-state index in [1.807, 2.05) is 0 Å². The Bertz CT molecular complexity index is 877. The molecule has 1 aromatic carbocycles. The number of hydrogen-bond donors (Lipinski definition) is 3. The highest BCUT2D eigenvalue weighted by Gasteiger charge is 2.51. The summed E-state index contributed by atoms with van der Waals surface area (Å²) in [7, 11) is 0. The highest BCUT2D eigenvalue weighted by Crippen LogP contribution is 2.56. The summed E-state index contributed by atoms with van der Waals surface area (Å²) in [5.41, 5.74) is 1.09. The molecule has 0 amide bonds. The molecule has 1 aromatic heterocycles. The van der Waals surface area contributed by atoms with E-state index in [-0.39, 0.29) is 11.4 Å². The van der Waals surface area contributed by atoms with E-state index in [2.05, 4.69) is 37.5 Å². The third kappa shape index (κ3) is 4.11. The van der Waals surface area contributed by atoms with E-state index < -0.39 is 0 Å². The van der Waals surface area contributed by atoms with Gasteiger partial charge in [0, 0.05) is 18.6 Å². The van der Waals surface area contributed by atoms with Crippen molar-refractivity contribution in [3.8, 4) is 0 Å². The van der Waals surface area contributed by atoms with Crippen LogP contribution in [0.15, 0.2) is 36.9 Å². The Morgan fingerprint density at radius 3 is 2.07 bits per heavy atom. The fourth-order valence-electron chi connectivity index (χ4n) is 6.04. The summed E-state index contributed by atoms with van der Waals surface area (Å²) < 4.78 is 13.2. The average Bonchev–Trinajstić information content (AvgIpc) is 2.70. The topological polar surface area (TPSA) is 74.8 Å². The zero-order valence-electron chi connectivity index (χ0n) is 17.2. The van der Waals surface area contributed by atoms with Crippen LogP contribution in [-0.2, 0) is 6.54 Å². The lowest BCUT2D eigenvalue weighted by atomic mass is 9.53. The minimum atomic E-state index is -0.239. The molecule has 4 aliphatic rings. The van der Waals surface area contributed by atoms with Crippen LogP contribution in [0.5, 0.6) is 0 Å². The summed E-state index contributed by atoms with van der Waals surface area (Å²) in [6, 6.07) is 6.44. The highest BCUT2D eigenvalue weighted by molar-refractivity contribution is 5.44. The summed E-state index contributed by atoms with van der Waals surface area (Å²) in [5.74, 6) is 3.96. The third-order valence-corrected chi connectivity index (χ3v) is 6.82. The molecule has 6 rings (SSSR count). The number of nitrogens with one attached hydrogen (secondary N) is 3. The van der Waals surface area contributed by atoms with Gasteiger partial charge in [-0.15, -0.1) is 6.58 Å². The zero-order valence-corrected chi connectivity index (χ0v) is 17.2. The molecular weight excluding hydrogens is 379 g/mol. The first-order valence-electron chi connectivity index (χ1n) is 11.0. The third-order valence-electron chi connectivity index (χ3n) is 6.82. The lowest BCUT2D eigenvalue weighted by Crippen LogP contribution is -2.55. The second-order valence-corrected chi connectivity index (χ2v) is 9.28. The van der Waals surface area contributed by atoms with Crippen molar-refractivity contribution in [2.75, 3.05) is 22.5 Å². The standard InChI is InChI=1S/C23H29FN6/c1-2-7-25-20-27-21(26-14-15-3-5-19(24)6-4-15)29-22(28-20)30-23-11-16-8-17(12-23)10-18(9-16)13-23/h2-6,16-18H,1,7-14H2,(H3,25,26,27,28,29,30). The molecule has 4 aliphatic carbocycles. The Labute approximate surface area is 176 Å². The van der Waals surface area contributed by atoms with Crippen molar-refractivity contribution >= 4 is 17.8 Å². The first-order chi connectivity index (χ1) is 14.6. The van der Waals surface area contributed by atoms with E-state index >= 15 is 0 Å². The van der Waals surface area contributed by atoms with Crippen molar-refractivity contribution in [1.29, 1.82) is 0 Å². The molecule has 0 spiro atoms. The molecule has 6 nitrogen and oxygen atoms in total. The number of anilines is 3. The van der Waals surface area contributed by atoms with Crippen LogP contribution in [0.3, 0.4) is 0 Å². The predicted molar refractivity (Wildman–Crippen MR) is 117 cm³/mol. The fraction of sp³-hybridized carbons (Fsp3) is 0.522. The van der Waals surface area contributed by atoms with Crippen LogP contribution in [0.4, 0.5) is 22.2 Å². The van der Waals surface area contributed by atoms with Gasteiger partial charge in [0.1, 0.15) is 5.82 Å². The molecule has 1 heterocycles. The zero-order chi connectivity index (χ0) is 20.6. The number of halogens is 1. The van der Waals surface area contributed by atoms with Crippen LogP contribution in [0.25, 0.3) is 0 Å². The number of nitrogens with zero attached hydrogens (tertiary/aromatic N) is 3. The SMILES string of the molecule is C=CCNc1nc(NCc2ccc(F)cc2)nc(NC23CC4CC(CC(C4)C2)C3)n1. The fourth-order valence-corrected chi connectivity index (χ4v) is 6.04. The predicted octanol–water partition coefficient (Wildman–Crippen LogP) is 4.60. The Morgan fingerprint density at radius 1 is 0.900 bits per heavy atom. The Balaban J connectivity index is 1.35. The molecule has 0 aliphatic heterocycles. The van der Waals surface area contributed by atoms with E-state index in [9.17, 15) is 4.39 Å². The van der Waals surface area contributed by atoms with E-state index in [0.29, 0.717) is 30.9 Å². The molecule has 158 valence electrons. The van der Waals surface area contributed by atoms with Crippen LogP contribution in [0.1, 0.15) is 44.1 Å². The van der Waals surface area contributed by atoms with E-state index in [1.165, 1.54) is 50.7 Å². The van der Waals surface area contributed by atoms with Gasteiger partial charge in [-0.3, -0.25) is 0 Å². The Morgan fingerprint density at radius 2 is 1.47 bits per heavy atom. The van der Waals surface area contributed by atoms with Gasteiger partial charge >= 0.3 is 0 Å². The minimum absolute atomic E-state index is 0.125. The normalized spacial score (nSPS) is 28.9. The van der Waals surface area contributed by atoms with E-state index in [1.54, 1.807) is 18.2 Å². The molecule has 4 fully saturated rings. The number of benzene rings is 1. The Hall–Kier alpha value is -2.70. The minimum Gasteiger partial charge on any atom is -0.351 e. The monoisotopic (exact) mass is 408 g/mol. The van der Waals surface area contributed by atoms with Gasteiger partial charge in [0.15, 0.2) is 0 Å². The van der Waals surface area contributed by atoms with Gasteiger partial charge in [0.05, 0.1) is 0 Å². The number of rotatable bonds is 8. The summed E-state index contributed by atoms with van der Waals surface area (Å²) in [6.07, 6.45) is 9.63. The van der Waals surface area contributed by atoms with E-state index in [4.69, 9.17) is 0 Å². The molecule has 4 saturated carbocycles. The van der Waals surface area contributed by atoms with Gasteiger partial charge in [-0.05, 0) is 74.0 Å². The molecule has 0 saturated heterocycles. The van der Waals surface area contributed by atoms with Crippen molar-refractivity contribution < 1.29 is 4.39 Å². The van der Waals surface area contributed by atoms with Gasteiger partial charge in [-0.1, -0.05) is 18.2 Å². The van der Waals surface area contributed by atoms with Crippen molar-refractivity contribution in [1.82, 2.24) is 15.0 Å². The smallest absolute Gasteiger partial charge is 0.229 e. The summed E-state index contributed by atoms with van der Waals surface area (Å²) in [5, 5.41) is 10.2. The van der Waals surface area contributed by atoms with Crippen molar-refractivity contribution in [3.05, 3.63) is 48.3 Å². The van der Waals surface area contributed by atoms with E-state index in [0.717, 1.165) is 23.3 Å². The molecule has 0 atom stereocenters. The van der Waals surface area contributed by atoms with Crippen LogP contribution < -0.4 is 16.0 Å². The number of hydrogen-bond acceptors (Lipinski definition) is 6. The average molecular weight is 409 g/mol. The van der Waals surface area contributed by atoms with Crippen molar-refractivity contribution in [2.45, 2.75) is 50.6 Å². The maximum Gasteiger partial charge on any atom is 0.229 e. The summed E-state index contributed by atoms with van der Waals surface area (Å²) in [4.78, 5) is 13.8. The second kappa shape index (κ2) is 7.85. The van der Waals surface area contributed by atoms with Gasteiger partial charge in [-0.2, -0.15) is 15.0 Å². The van der Waals surface area contributed by atoms with Crippen LogP contribution in [0, 0.1) is 23.6 Å². The molecule has 2 aromatic rings. The van der Waals surface area contributed by atoms with Gasteiger partial charge in [0.25, 0.3) is 0 Å². The lowest BCUT2D eigenvalue weighted by Gasteiger charge is -2.56. The largest absolute Gasteiger partial charge is 0.351 e. The van der Waals surface area contributed by atoms with Gasteiger partial charge in [-0.25, -0.2) is 4.39 Å². The maximum atomic E-state index is 13.2. The molecular formula is C23H29FN6. The van der Waals surface area contributed by atoms with Gasteiger partial charge < -0.3 is 16.0 Å². The van der Waals surface area contributed by atoms with Crippen LogP contribution in [-0.4, -0.2) is 27.0 Å². The quantitative estimate of drug-likeness (QED) is 0.554. The van der Waals surface area contributed by atoms with Crippen LogP contribution in [0.2, 0.25) is 0 Å². The summed E-state index contributed by atoms with van der Waals surface area (Å²) >= 11 is 0. The highest BCUT2D eigenvalue weighted by atomic mass is 19.1. The molecule has 7 heteroatoms. The molecule has 3 N–H and O–H groups in total. The van der Waals surface area contributed by atoms with Crippen molar-refractivity contribution in [3.63, 3.8) is 0 Å². The maximum absolute atomic E-state index is 13.2. The number of aromatic nitrogens is 3. The van der Waals surface area contributed by atoms with Gasteiger partial charge in [0.2, 0.25) is 17.8 Å². The second-order valence-electron chi connectivity index (χ2n) is 9.28. The Kier molecular flexibility index (Phi) is 5.05. The summed E-state index contributed by atoms with van der Waals surface area (Å²) in [6.45, 7) is 4.85. The molecule has 4 bridgehead atoms.